The average molecular weight is 284 g/mol. The fourth-order valence-electron chi connectivity index (χ4n) is 1.84. The zero-order chi connectivity index (χ0) is 13.9. The van der Waals surface area contributed by atoms with Crippen molar-refractivity contribution in [1.82, 2.24) is 10.1 Å². The summed E-state index contributed by atoms with van der Waals surface area (Å²) in [4.78, 5) is 5.50. The molecule has 1 aromatic heterocycles. The van der Waals surface area contributed by atoms with Crippen molar-refractivity contribution in [2.24, 2.45) is 0 Å². The van der Waals surface area contributed by atoms with E-state index >= 15 is 0 Å². The summed E-state index contributed by atoms with van der Waals surface area (Å²) in [5, 5.41) is 13.7. The van der Waals surface area contributed by atoms with E-state index in [0.717, 1.165) is 5.56 Å². The first-order chi connectivity index (χ1) is 9.78. The third kappa shape index (κ3) is 2.40. The van der Waals surface area contributed by atoms with Crippen LogP contribution in [-0.2, 0) is 0 Å². The summed E-state index contributed by atoms with van der Waals surface area (Å²) < 4.78 is 5.22. The van der Waals surface area contributed by atoms with E-state index in [-0.39, 0.29) is 5.75 Å². The van der Waals surface area contributed by atoms with Crippen LogP contribution in [-0.4, -0.2) is 21.5 Å². The molecule has 0 spiro atoms. The van der Waals surface area contributed by atoms with E-state index in [2.05, 4.69) is 10.1 Å². The minimum absolute atomic E-state index is 0.125. The molecule has 0 aliphatic heterocycles. The fourth-order valence-corrected chi connectivity index (χ4v) is 2.25. The summed E-state index contributed by atoms with van der Waals surface area (Å²) in [5.41, 5.74) is 1.42. The number of phenolic OH excluding ortho intramolecular Hbond substituents is 1. The molecule has 0 amide bonds. The number of hydrogen-bond acceptors (Lipinski definition) is 5. The topological polar surface area (TPSA) is 59.2 Å². The van der Waals surface area contributed by atoms with Crippen LogP contribution in [0.5, 0.6) is 5.75 Å². The zero-order valence-corrected chi connectivity index (χ0v) is 11.6. The Bertz CT molecular complexity index is 723. The molecule has 0 aliphatic carbocycles. The highest BCUT2D eigenvalue weighted by Gasteiger charge is 2.13. The van der Waals surface area contributed by atoms with E-state index in [0.29, 0.717) is 17.3 Å². The van der Waals surface area contributed by atoms with Crippen LogP contribution in [0.2, 0.25) is 0 Å². The lowest BCUT2D eigenvalue weighted by molar-refractivity contribution is 0.426. The molecule has 0 saturated heterocycles. The molecular weight excluding hydrogens is 272 g/mol. The zero-order valence-electron chi connectivity index (χ0n) is 10.8. The minimum Gasteiger partial charge on any atom is -0.507 e. The number of rotatable bonds is 3. The number of hydrogen-bond donors (Lipinski definition) is 1. The first-order valence-corrected chi connectivity index (χ1v) is 7.27. The van der Waals surface area contributed by atoms with Crippen molar-refractivity contribution in [2.45, 2.75) is 4.90 Å². The molecule has 0 aliphatic rings. The van der Waals surface area contributed by atoms with Crippen LogP contribution in [0, 0.1) is 0 Å². The van der Waals surface area contributed by atoms with E-state index < -0.39 is 0 Å². The molecule has 0 atom stereocenters. The Kier molecular flexibility index (Phi) is 3.43. The van der Waals surface area contributed by atoms with E-state index in [4.69, 9.17) is 4.52 Å². The molecule has 20 heavy (non-hydrogen) atoms. The molecule has 100 valence electrons. The Balaban J connectivity index is 1.95. The molecule has 0 unspecified atom stereocenters. The quantitative estimate of drug-likeness (QED) is 0.741. The van der Waals surface area contributed by atoms with Gasteiger partial charge in [0.15, 0.2) is 0 Å². The first-order valence-electron chi connectivity index (χ1n) is 6.04. The van der Waals surface area contributed by atoms with Gasteiger partial charge in [0.25, 0.3) is 5.89 Å². The lowest BCUT2D eigenvalue weighted by Crippen LogP contribution is -1.82. The molecule has 2 aromatic carbocycles. The maximum absolute atomic E-state index is 9.78. The lowest BCUT2D eigenvalue weighted by Gasteiger charge is -1.97. The maximum atomic E-state index is 9.78. The van der Waals surface area contributed by atoms with E-state index in [9.17, 15) is 5.11 Å². The predicted octanol–water partition coefficient (Wildman–Crippen LogP) is 3.83. The van der Waals surface area contributed by atoms with Gasteiger partial charge in [0.2, 0.25) is 5.82 Å². The van der Waals surface area contributed by atoms with E-state index in [1.807, 2.05) is 36.6 Å². The summed E-state index contributed by atoms with van der Waals surface area (Å²) in [7, 11) is 0. The molecule has 1 N–H and O–H groups in total. The van der Waals surface area contributed by atoms with Gasteiger partial charge in [-0.1, -0.05) is 17.3 Å². The Labute approximate surface area is 120 Å². The van der Waals surface area contributed by atoms with Crippen LogP contribution >= 0.6 is 11.8 Å². The third-order valence-electron chi connectivity index (χ3n) is 2.91. The summed E-state index contributed by atoms with van der Waals surface area (Å²) in [6.45, 7) is 0. The Morgan fingerprint density at radius 3 is 2.50 bits per heavy atom. The number of nitrogens with zero attached hydrogens (tertiary/aromatic N) is 2. The number of para-hydroxylation sites is 1. The Hall–Kier alpha value is -2.27. The van der Waals surface area contributed by atoms with Gasteiger partial charge in [0.1, 0.15) is 5.75 Å². The number of phenols is 1. The van der Waals surface area contributed by atoms with Crippen molar-refractivity contribution in [1.29, 1.82) is 0 Å². The van der Waals surface area contributed by atoms with Crippen molar-refractivity contribution in [3.05, 3.63) is 48.5 Å². The molecular formula is C15H12N2O2S. The number of aromatic nitrogens is 2. The van der Waals surface area contributed by atoms with Crippen LogP contribution < -0.4 is 0 Å². The van der Waals surface area contributed by atoms with E-state index in [1.165, 1.54) is 4.90 Å². The predicted molar refractivity (Wildman–Crippen MR) is 78.6 cm³/mol. The van der Waals surface area contributed by atoms with Crippen LogP contribution in [0.4, 0.5) is 0 Å². The largest absolute Gasteiger partial charge is 0.507 e. The van der Waals surface area contributed by atoms with Crippen molar-refractivity contribution >= 4 is 11.8 Å². The van der Waals surface area contributed by atoms with Crippen LogP contribution in [0.15, 0.2) is 57.9 Å². The van der Waals surface area contributed by atoms with E-state index in [1.54, 1.807) is 30.0 Å². The molecule has 4 nitrogen and oxygen atoms in total. The van der Waals surface area contributed by atoms with Gasteiger partial charge in [-0.15, -0.1) is 11.8 Å². The number of thioether (sulfide) groups is 1. The van der Waals surface area contributed by atoms with Crippen molar-refractivity contribution < 1.29 is 9.63 Å². The molecule has 1 heterocycles. The van der Waals surface area contributed by atoms with Crippen LogP contribution in [0.25, 0.3) is 22.8 Å². The molecule has 5 heteroatoms. The molecule has 0 radical (unpaired) electrons. The smallest absolute Gasteiger partial charge is 0.261 e. The maximum Gasteiger partial charge on any atom is 0.261 e. The van der Waals surface area contributed by atoms with Crippen molar-refractivity contribution in [3.8, 4) is 28.6 Å². The highest BCUT2D eigenvalue weighted by Crippen LogP contribution is 2.29. The van der Waals surface area contributed by atoms with Gasteiger partial charge < -0.3 is 9.63 Å². The standard InChI is InChI=1S/C15H12N2O2S/c1-20-11-8-6-10(7-9-11)14-16-15(19-17-14)12-4-2-3-5-13(12)18/h2-9,18H,1H3. The van der Waals surface area contributed by atoms with Gasteiger partial charge in [-0.2, -0.15) is 4.98 Å². The van der Waals surface area contributed by atoms with Gasteiger partial charge in [-0.05, 0) is 42.7 Å². The molecule has 0 fully saturated rings. The number of aromatic hydroxyl groups is 1. The minimum atomic E-state index is 0.125. The third-order valence-corrected chi connectivity index (χ3v) is 3.65. The van der Waals surface area contributed by atoms with Gasteiger partial charge in [0.05, 0.1) is 5.56 Å². The van der Waals surface area contributed by atoms with Gasteiger partial charge >= 0.3 is 0 Å². The Morgan fingerprint density at radius 2 is 1.80 bits per heavy atom. The SMILES string of the molecule is CSc1ccc(-c2noc(-c3ccccc3O)n2)cc1. The summed E-state index contributed by atoms with van der Waals surface area (Å²) in [6.07, 6.45) is 2.03. The van der Waals surface area contributed by atoms with Crippen molar-refractivity contribution in [2.75, 3.05) is 6.26 Å². The fraction of sp³-hybridized carbons (Fsp3) is 0.0667. The number of benzene rings is 2. The van der Waals surface area contributed by atoms with Crippen molar-refractivity contribution in [3.63, 3.8) is 0 Å². The monoisotopic (exact) mass is 284 g/mol. The second kappa shape index (κ2) is 5.38. The second-order valence-electron chi connectivity index (χ2n) is 4.17. The lowest BCUT2D eigenvalue weighted by atomic mass is 10.2. The van der Waals surface area contributed by atoms with Crippen LogP contribution in [0.3, 0.4) is 0 Å². The molecule has 0 saturated carbocycles. The molecule has 0 bridgehead atoms. The molecule has 3 aromatic rings. The highest BCUT2D eigenvalue weighted by atomic mass is 32.2. The van der Waals surface area contributed by atoms with Crippen LogP contribution in [0.1, 0.15) is 0 Å². The summed E-state index contributed by atoms with van der Waals surface area (Å²) >= 11 is 1.68. The average Bonchev–Trinajstić information content (AvgIpc) is 2.97. The summed E-state index contributed by atoms with van der Waals surface area (Å²) in [6, 6.07) is 14.8. The van der Waals surface area contributed by atoms with Gasteiger partial charge in [0, 0.05) is 10.5 Å². The normalized spacial score (nSPS) is 10.7. The molecule has 3 rings (SSSR count). The summed E-state index contributed by atoms with van der Waals surface area (Å²) in [5.74, 6) is 0.948. The first kappa shape index (κ1) is 12.7. The van der Waals surface area contributed by atoms with Gasteiger partial charge in [-0.25, -0.2) is 0 Å². The highest BCUT2D eigenvalue weighted by molar-refractivity contribution is 7.98. The van der Waals surface area contributed by atoms with Gasteiger partial charge in [-0.3, -0.25) is 0 Å². The Morgan fingerprint density at radius 1 is 1.05 bits per heavy atom. The second-order valence-corrected chi connectivity index (χ2v) is 5.05.